The Bertz CT molecular complexity index is 812. The predicted molar refractivity (Wildman–Crippen MR) is 79.3 cm³/mol. The molecule has 1 N–H and O–H groups in total. The molecule has 0 aliphatic carbocycles. The molecule has 9 heteroatoms. The zero-order chi connectivity index (χ0) is 16.2. The third kappa shape index (κ3) is 3.70. The Morgan fingerprint density at radius 3 is 2.91 bits per heavy atom. The lowest BCUT2D eigenvalue weighted by Crippen LogP contribution is -2.21. The number of anilines is 1. The number of ether oxygens (including phenoxy) is 1. The largest absolute Gasteiger partial charge is 0.467 e. The number of hydrogen-bond donors (Lipinski definition) is 1. The molecule has 0 aromatic carbocycles. The standard InChI is InChI=1S/C14H14N6O3/c1-9-6-11(19-23-9)18-13(21)8-22-14-7-12(16-10(2)17-14)20-5-3-4-15-20/h3-7H,8H2,1-2H3,(H,18,19,21). The molecular formula is C14H14N6O3. The summed E-state index contributed by atoms with van der Waals surface area (Å²) in [6.07, 6.45) is 3.40. The Morgan fingerprint density at radius 2 is 2.22 bits per heavy atom. The van der Waals surface area contributed by atoms with E-state index in [-0.39, 0.29) is 18.4 Å². The highest BCUT2D eigenvalue weighted by molar-refractivity contribution is 5.90. The minimum atomic E-state index is -0.366. The molecule has 0 saturated heterocycles. The van der Waals surface area contributed by atoms with Crippen LogP contribution in [0.25, 0.3) is 5.82 Å². The average Bonchev–Trinajstić information content (AvgIpc) is 3.16. The first-order valence-electron chi connectivity index (χ1n) is 6.82. The van der Waals surface area contributed by atoms with E-state index < -0.39 is 0 Å². The summed E-state index contributed by atoms with van der Waals surface area (Å²) in [4.78, 5) is 20.2. The summed E-state index contributed by atoms with van der Waals surface area (Å²) in [5.74, 6) is 1.94. The molecule has 0 saturated carbocycles. The van der Waals surface area contributed by atoms with Gasteiger partial charge in [0.2, 0.25) is 5.88 Å². The Balaban J connectivity index is 1.65. The molecule has 0 radical (unpaired) electrons. The van der Waals surface area contributed by atoms with Gasteiger partial charge in [0.1, 0.15) is 11.6 Å². The van der Waals surface area contributed by atoms with Crippen molar-refractivity contribution in [2.24, 2.45) is 0 Å². The second kappa shape index (κ2) is 6.26. The molecule has 3 aromatic heterocycles. The predicted octanol–water partition coefficient (Wildman–Crippen LogP) is 1.28. The Hall–Kier alpha value is -3.23. The van der Waals surface area contributed by atoms with Gasteiger partial charge in [-0.1, -0.05) is 5.16 Å². The van der Waals surface area contributed by atoms with Gasteiger partial charge in [-0.3, -0.25) is 4.79 Å². The molecular weight excluding hydrogens is 300 g/mol. The molecule has 9 nitrogen and oxygen atoms in total. The monoisotopic (exact) mass is 314 g/mol. The normalized spacial score (nSPS) is 10.5. The number of nitrogens with zero attached hydrogens (tertiary/aromatic N) is 5. The van der Waals surface area contributed by atoms with Crippen molar-refractivity contribution in [3.63, 3.8) is 0 Å². The maximum absolute atomic E-state index is 11.8. The van der Waals surface area contributed by atoms with E-state index in [1.807, 2.05) is 0 Å². The summed E-state index contributed by atoms with van der Waals surface area (Å²) in [6, 6.07) is 5.00. The van der Waals surface area contributed by atoms with Gasteiger partial charge in [-0.15, -0.1) is 0 Å². The summed E-state index contributed by atoms with van der Waals surface area (Å²) < 4.78 is 11.9. The van der Waals surface area contributed by atoms with Crippen LogP contribution in [-0.2, 0) is 4.79 Å². The van der Waals surface area contributed by atoms with Crippen molar-refractivity contribution in [2.75, 3.05) is 11.9 Å². The SMILES string of the molecule is Cc1nc(OCC(=O)Nc2cc(C)on2)cc(-n2cccn2)n1. The maximum Gasteiger partial charge on any atom is 0.263 e. The van der Waals surface area contributed by atoms with E-state index in [0.717, 1.165) is 0 Å². The first kappa shape index (κ1) is 14.7. The second-order valence-electron chi connectivity index (χ2n) is 4.72. The van der Waals surface area contributed by atoms with E-state index in [1.165, 1.54) is 0 Å². The van der Waals surface area contributed by atoms with E-state index in [1.54, 1.807) is 49.1 Å². The molecule has 3 rings (SSSR count). The summed E-state index contributed by atoms with van der Waals surface area (Å²) in [7, 11) is 0. The fourth-order valence-electron chi connectivity index (χ4n) is 1.86. The summed E-state index contributed by atoms with van der Waals surface area (Å²) in [6.45, 7) is 3.26. The van der Waals surface area contributed by atoms with Crippen LogP contribution in [0, 0.1) is 13.8 Å². The van der Waals surface area contributed by atoms with Crippen LogP contribution >= 0.6 is 0 Å². The molecule has 0 spiro atoms. The number of aryl methyl sites for hydroxylation is 2. The molecule has 118 valence electrons. The van der Waals surface area contributed by atoms with Gasteiger partial charge < -0.3 is 14.6 Å². The molecule has 1 amide bonds. The number of carbonyl (C=O) groups is 1. The Morgan fingerprint density at radius 1 is 1.35 bits per heavy atom. The second-order valence-corrected chi connectivity index (χ2v) is 4.72. The fourth-order valence-corrected chi connectivity index (χ4v) is 1.86. The van der Waals surface area contributed by atoms with Crippen molar-refractivity contribution in [1.29, 1.82) is 0 Å². The lowest BCUT2D eigenvalue weighted by Gasteiger charge is -2.07. The zero-order valence-electron chi connectivity index (χ0n) is 12.6. The first-order valence-corrected chi connectivity index (χ1v) is 6.82. The van der Waals surface area contributed by atoms with Crippen molar-refractivity contribution in [3.8, 4) is 11.7 Å². The Kier molecular flexibility index (Phi) is 4.00. The fraction of sp³-hybridized carbons (Fsp3) is 0.214. The van der Waals surface area contributed by atoms with E-state index in [4.69, 9.17) is 9.26 Å². The summed E-state index contributed by atoms with van der Waals surface area (Å²) in [5.41, 5.74) is 0. The van der Waals surface area contributed by atoms with Gasteiger partial charge >= 0.3 is 0 Å². The quantitative estimate of drug-likeness (QED) is 0.755. The van der Waals surface area contributed by atoms with Gasteiger partial charge in [-0.25, -0.2) is 9.67 Å². The minimum Gasteiger partial charge on any atom is -0.467 e. The molecule has 0 fully saturated rings. The van der Waals surface area contributed by atoms with Crippen LogP contribution in [0.1, 0.15) is 11.6 Å². The van der Waals surface area contributed by atoms with Crippen molar-refractivity contribution in [1.82, 2.24) is 24.9 Å². The zero-order valence-corrected chi connectivity index (χ0v) is 12.6. The lowest BCUT2D eigenvalue weighted by atomic mass is 10.5. The van der Waals surface area contributed by atoms with Crippen molar-refractivity contribution >= 4 is 11.7 Å². The van der Waals surface area contributed by atoms with Crippen LogP contribution in [0.15, 0.2) is 35.1 Å². The number of amides is 1. The highest BCUT2D eigenvalue weighted by atomic mass is 16.5. The van der Waals surface area contributed by atoms with Gasteiger partial charge in [0, 0.05) is 24.5 Å². The lowest BCUT2D eigenvalue weighted by molar-refractivity contribution is -0.118. The van der Waals surface area contributed by atoms with Gasteiger partial charge in [-0.05, 0) is 19.9 Å². The van der Waals surface area contributed by atoms with E-state index in [0.29, 0.717) is 23.2 Å². The molecule has 0 atom stereocenters. The van der Waals surface area contributed by atoms with E-state index in [9.17, 15) is 4.79 Å². The molecule has 3 heterocycles. The highest BCUT2D eigenvalue weighted by Gasteiger charge is 2.10. The van der Waals surface area contributed by atoms with Crippen LogP contribution in [0.4, 0.5) is 5.82 Å². The molecule has 0 aliphatic rings. The highest BCUT2D eigenvalue weighted by Crippen LogP contribution is 2.13. The number of nitrogens with one attached hydrogen (secondary N) is 1. The Labute approximate surface area is 131 Å². The number of aromatic nitrogens is 5. The van der Waals surface area contributed by atoms with Crippen molar-refractivity contribution in [2.45, 2.75) is 13.8 Å². The van der Waals surface area contributed by atoms with Crippen molar-refractivity contribution < 1.29 is 14.1 Å². The van der Waals surface area contributed by atoms with Crippen LogP contribution in [0.2, 0.25) is 0 Å². The minimum absolute atomic E-state index is 0.207. The average molecular weight is 314 g/mol. The van der Waals surface area contributed by atoms with Gasteiger partial charge in [-0.2, -0.15) is 10.1 Å². The van der Waals surface area contributed by atoms with Gasteiger partial charge in [0.05, 0.1) is 0 Å². The molecule has 0 unspecified atom stereocenters. The van der Waals surface area contributed by atoms with E-state index >= 15 is 0 Å². The van der Waals surface area contributed by atoms with Crippen molar-refractivity contribution in [3.05, 3.63) is 42.2 Å². The number of carbonyl (C=O) groups excluding carboxylic acids is 1. The van der Waals surface area contributed by atoms with Crippen LogP contribution in [0.5, 0.6) is 5.88 Å². The summed E-state index contributed by atoms with van der Waals surface area (Å²) >= 11 is 0. The molecule has 0 bridgehead atoms. The maximum atomic E-state index is 11.8. The molecule has 0 aliphatic heterocycles. The summed E-state index contributed by atoms with van der Waals surface area (Å²) in [5, 5.41) is 10.3. The van der Waals surface area contributed by atoms with Crippen LogP contribution in [-0.4, -0.2) is 37.4 Å². The van der Waals surface area contributed by atoms with Crippen LogP contribution < -0.4 is 10.1 Å². The number of rotatable bonds is 5. The van der Waals surface area contributed by atoms with E-state index in [2.05, 4.69) is 25.5 Å². The third-order valence-electron chi connectivity index (χ3n) is 2.79. The van der Waals surface area contributed by atoms with Crippen LogP contribution in [0.3, 0.4) is 0 Å². The van der Waals surface area contributed by atoms with Gasteiger partial charge in [0.15, 0.2) is 18.2 Å². The van der Waals surface area contributed by atoms with Gasteiger partial charge in [0.25, 0.3) is 5.91 Å². The third-order valence-corrected chi connectivity index (χ3v) is 2.79. The molecule has 3 aromatic rings. The topological polar surface area (TPSA) is 108 Å². The smallest absolute Gasteiger partial charge is 0.263 e. The first-order chi connectivity index (χ1) is 11.1. The number of hydrogen-bond acceptors (Lipinski definition) is 7. The molecule has 23 heavy (non-hydrogen) atoms.